The maximum Gasteiger partial charge on any atom is 0.304 e. The molecule has 0 aromatic heterocycles. The fourth-order valence-corrected chi connectivity index (χ4v) is 1.60. The molecule has 0 saturated heterocycles. The van der Waals surface area contributed by atoms with E-state index in [2.05, 4.69) is 5.32 Å². The molecule has 0 aliphatic carbocycles. The lowest BCUT2D eigenvalue weighted by molar-refractivity contribution is -0.137. The van der Waals surface area contributed by atoms with E-state index in [1.807, 2.05) is 38.2 Å². The number of rotatable bonds is 5. The van der Waals surface area contributed by atoms with E-state index in [9.17, 15) is 4.79 Å². The highest BCUT2D eigenvalue weighted by atomic mass is 16.4. The number of hydrogen-bond acceptors (Lipinski definition) is 2. The van der Waals surface area contributed by atoms with Gasteiger partial charge in [-0.15, -0.1) is 0 Å². The average Bonchev–Trinajstić information content (AvgIpc) is 2.17. The normalized spacial score (nSPS) is 12.4. The van der Waals surface area contributed by atoms with Crippen LogP contribution in [0.3, 0.4) is 0 Å². The lowest BCUT2D eigenvalue weighted by Gasteiger charge is -2.14. The molecule has 3 heteroatoms. The minimum Gasteiger partial charge on any atom is -0.481 e. The third-order valence-corrected chi connectivity index (χ3v) is 2.42. The quantitative estimate of drug-likeness (QED) is 0.773. The summed E-state index contributed by atoms with van der Waals surface area (Å²) in [5.74, 6) is -0.705. The van der Waals surface area contributed by atoms with Gasteiger partial charge in [0.25, 0.3) is 0 Å². The molecular formula is C12H17NO2. The van der Waals surface area contributed by atoms with Crippen LogP contribution < -0.4 is 5.32 Å². The Balaban J connectivity index is 2.78. The largest absolute Gasteiger partial charge is 0.481 e. The number of carbonyl (C=O) groups is 1. The minimum atomic E-state index is -0.754. The van der Waals surface area contributed by atoms with E-state index >= 15 is 0 Å². The number of benzene rings is 1. The van der Waals surface area contributed by atoms with Crippen LogP contribution in [0.2, 0.25) is 0 Å². The van der Waals surface area contributed by atoms with Crippen LogP contribution in [-0.2, 0) is 4.79 Å². The highest BCUT2D eigenvalue weighted by molar-refractivity contribution is 5.68. The monoisotopic (exact) mass is 207 g/mol. The Morgan fingerprint density at radius 2 is 2.00 bits per heavy atom. The fourth-order valence-electron chi connectivity index (χ4n) is 1.60. The average molecular weight is 207 g/mol. The van der Waals surface area contributed by atoms with Gasteiger partial charge in [-0.3, -0.25) is 4.79 Å². The Bertz CT molecular complexity index is 319. The number of nitrogens with one attached hydrogen (secondary N) is 1. The van der Waals surface area contributed by atoms with Gasteiger partial charge in [0.05, 0.1) is 6.42 Å². The molecule has 0 bridgehead atoms. The number of aliphatic carboxylic acids is 1. The van der Waals surface area contributed by atoms with Gasteiger partial charge in [-0.1, -0.05) is 29.8 Å². The van der Waals surface area contributed by atoms with Gasteiger partial charge in [0, 0.05) is 12.5 Å². The van der Waals surface area contributed by atoms with E-state index in [0.29, 0.717) is 6.54 Å². The number of carboxylic acids is 1. The van der Waals surface area contributed by atoms with Gasteiger partial charge < -0.3 is 10.4 Å². The first-order valence-corrected chi connectivity index (χ1v) is 5.06. The van der Waals surface area contributed by atoms with E-state index in [4.69, 9.17) is 5.11 Å². The van der Waals surface area contributed by atoms with E-state index in [0.717, 1.165) is 5.56 Å². The van der Waals surface area contributed by atoms with Crippen molar-refractivity contribution in [3.63, 3.8) is 0 Å². The minimum absolute atomic E-state index is 0.0492. The third kappa shape index (κ3) is 3.72. The molecule has 2 N–H and O–H groups in total. The molecular weight excluding hydrogens is 190 g/mol. The summed E-state index contributed by atoms with van der Waals surface area (Å²) in [6.45, 7) is 2.71. The lowest BCUT2D eigenvalue weighted by atomic mass is 9.95. The molecule has 0 radical (unpaired) electrons. The van der Waals surface area contributed by atoms with Crippen LogP contribution in [0.4, 0.5) is 0 Å². The Kier molecular flexibility index (Phi) is 4.31. The van der Waals surface area contributed by atoms with Crippen molar-refractivity contribution in [3.05, 3.63) is 35.4 Å². The smallest absolute Gasteiger partial charge is 0.304 e. The molecule has 0 fully saturated rings. The zero-order chi connectivity index (χ0) is 11.3. The molecule has 82 valence electrons. The van der Waals surface area contributed by atoms with E-state index in [1.165, 1.54) is 5.56 Å². The molecule has 0 saturated carbocycles. The van der Waals surface area contributed by atoms with Gasteiger partial charge in [0.15, 0.2) is 0 Å². The summed E-state index contributed by atoms with van der Waals surface area (Å²) < 4.78 is 0. The molecule has 0 aliphatic rings. The van der Waals surface area contributed by atoms with Gasteiger partial charge in [-0.25, -0.2) is 0 Å². The molecule has 15 heavy (non-hydrogen) atoms. The van der Waals surface area contributed by atoms with Crippen molar-refractivity contribution in [2.45, 2.75) is 19.3 Å². The van der Waals surface area contributed by atoms with Crippen molar-refractivity contribution >= 4 is 5.97 Å². The highest BCUT2D eigenvalue weighted by Crippen LogP contribution is 2.19. The highest BCUT2D eigenvalue weighted by Gasteiger charge is 2.14. The number of carboxylic acid groups (broad SMARTS) is 1. The van der Waals surface area contributed by atoms with Crippen molar-refractivity contribution < 1.29 is 9.90 Å². The first-order valence-electron chi connectivity index (χ1n) is 5.06. The van der Waals surface area contributed by atoms with Gasteiger partial charge in [0.2, 0.25) is 0 Å². The summed E-state index contributed by atoms with van der Waals surface area (Å²) >= 11 is 0. The maximum absolute atomic E-state index is 10.7. The second-order valence-corrected chi connectivity index (χ2v) is 3.76. The van der Waals surface area contributed by atoms with E-state index in [1.54, 1.807) is 0 Å². The molecule has 1 unspecified atom stereocenters. The topological polar surface area (TPSA) is 49.3 Å². The molecule has 0 heterocycles. The van der Waals surface area contributed by atoms with Crippen LogP contribution in [0.25, 0.3) is 0 Å². The van der Waals surface area contributed by atoms with Crippen molar-refractivity contribution in [2.24, 2.45) is 0 Å². The van der Waals surface area contributed by atoms with Crippen molar-refractivity contribution in [3.8, 4) is 0 Å². The Morgan fingerprint density at radius 1 is 1.40 bits per heavy atom. The standard InChI is InChI=1S/C12H17NO2/c1-9-3-5-10(6-4-9)11(8-13-2)7-12(14)15/h3-6,11,13H,7-8H2,1-2H3,(H,14,15). The van der Waals surface area contributed by atoms with Gasteiger partial charge in [-0.2, -0.15) is 0 Å². The van der Waals surface area contributed by atoms with E-state index < -0.39 is 5.97 Å². The van der Waals surface area contributed by atoms with Crippen LogP contribution in [0.5, 0.6) is 0 Å². The van der Waals surface area contributed by atoms with Crippen LogP contribution in [0.1, 0.15) is 23.5 Å². The molecule has 1 rings (SSSR count). The lowest BCUT2D eigenvalue weighted by Crippen LogP contribution is -2.19. The molecule has 0 amide bonds. The number of hydrogen-bond donors (Lipinski definition) is 2. The van der Waals surface area contributed by atoms with Gasteiger partial charge in [-0.05, 0) is 19.5 Å². The second kappa shape index (κ2) is 5.51. The van der Waals surface area contributed by atoms with Crippen LogP contribution in [-0.4, -0.2) is 24.7 Å². The summed E-state index contributed by atoms with van der Waals surface area (Å²) in [5, 5.41) is 11.8. The van der Waals surface area contributed by atoms with Crippen molar-refractivity contribution in [1.82, 2.24) is 5.32 Å². The molecule has 0 spiro atoms. The van der Waals surface area contributed by atoms with Gasteiger partial charge >= 0.3 is 5.97 Å². The molecule has 3 nitrogen and oxygen atoms in total. The van der Waals surface area contributed by atoms with Crippen molar-refractivity contribution in [1.29, 1.82) is 0 Å². The Hall–Kier alpha value is -1.35. The zero-order valence-corrected chi connectivity index (χ0v) is 9.16. The first kappa shape index (κ1) is 11.7. The molecule has 1 aromatic carbocycles. The summed E-state index contributed by atoms with van der Waals surface area (Å²) in [7, 11) is 1.84. The molecule has 0 aliphatic heterocycles. The summed E-state index contributed by atoms with van der Waals surface area (Å²) in [4.78, 5) is 10.7. The Labute approximate surface area is 90.1 Å². The SMILES string of the molecule is CNCC(CC(=O)O)c1ccc(C)cc1. The summed E-state index contributed by atoms with van der Waals surface area (Å²) in [5.41, 5.74) is 2.27. The summed E-state index contributed by atoms with van der Waals surface area (Å²) in [6, 6.07) is 8.03. The first-order chi connectivity index (χ1) is 7.13. The second-order valence-electron chi connectivity index (χ2n) is 3.76. The molecule has 1 atom stereocenters. The predicted molar refractivity (Wildman–Crippen MR) is 60.1 cm³/mol. The maximum atomic E-state index is 10.7. The fraction of sp³-hybridized carbons (Fsp3) is 0.417. The van der Waals surface area contributed by atoms with Crippen LogP contribution in [0.15, 0.2) is 24.3 Å². The van der Waals surface area contributed by atoms with Crippen LogP contribution >= 0.6 is 0 Å². The van der Waals surface area contributed by atoms with E-state index in [-0.39, 0.29) is 12.3 Å². The van der Waals surface area contributed by atoms with Gasteiger partial charge in [0.1, 0.15) is 0 Å². The zero-order valence-electron chi connectivity index (χ0n) is 9.16. The number of aryl methyl sites for hydroxylation is 1. The van der Waals surface area contributed by atoms with Crippen molar-refractivity contribution in [2.75, 3.05) is 13.6 Å². The Morgan fingerprint density at radius 3 is 2.47 bits per heavy atom. The summed E-state index contributed by atoms with van der Waals surface area (Å²) in [6.07, 6.45) is 0.171. The number of likely N-dealkylation sites (N-methyl/N-ethyl adjacent to an activating group) is 1. The molecule has 1 aromatic rings. The predicted octanol–water partition coefficient (Wildman–Crippen LogP) is 1.77. The van der Waals surface area contributed by atoms with Crippen LogP contribution in [0, 0.1) is 6.92 Å². The third-order valence-electron chi connectivity index (χ3n) is 2.42.